The molecule has 3 heteroatoms. The zero-order valence-electron chi connectivity index (χ0n) is 11.7. The van der Waals surface area contributed by atoms with Crippen molar-refractivity contribution in [2.24, 2.45) is 11.8 Å². The molecule has 19 heavy (non-hydrogen) atoms. The zero-order chi connectivity index (χ0) is 13.8. The summed E-state index contributed by atoms with van der Waals surface area (Å²) in [5.74, 6) is -0.423. The van der Waals surface area contributed by atoms with Crippen LogP contribution in [0.4, 0.5) is 0 Å². The number of hydrogen-bond acceptors (Lipinski definition) is 2. The van der Waals surface area contributed by atoms with Gasteiger partial charge in [0.25, 0.3) is 0 Å². The summed E-state index contributed by atoms with van der Waals surface area (Å²) >= 11 is 0. The van der Waals surface area contributed by atoms with E-state index in [0.29, 0.717) is 18.5 Å². The normalized spacial score (nSPS) is 24.6. The van der Waals surface area contributed by atoms with Crippen LogP contribution in [0.15, 0.2) is 30.3 Å². The minimum absolute atomic E-state index is 0.218. The number of benzene rings is 1. The number of aliphatic carboxylic acids is 1. The standard InChI is InChI=1S/C16H23NO2/c1-12(2)17-10-14(9-15(11-17)16(18)19)8-13-6-4-3-5-7-13/h3-7,12,14-15H,8-11H2,1-2H3,(H,18,19). The molecule has 1 fully saturated rings. The molecule has 1 aliphatic heterocycles. The van der Waals surface area contributed by atoms with E-state index in [1.54, 1.807) is 0 Å². The predicted molar refractivity (Wildman–Crippen MR) is 76.1 cm³/mol. The predicted octanol–water partition coefficient (Wildman–Crippen LogP) is 2.66. The maximum atomic E-state index is 11.3. The van der Waals surface area contributed by atoms with Crippen LogP contribution in [-0.4, -0.2) is 35.1 Å². The maximum absolute atomic E-state index is 11.3. The number of hydrogen-bond donors (Lipinski definition) is 1. The molecular weight excluding hydrogens is 238 g/mol. The van der Waals surface area contributed by atoms with E-state index < -0.39 is 5.97 Å². The summed E-state index contributed by atoms with van der Waals surface area (Å²) < 4.78 is 0. The number of carboxylic acids is 1. The molecule has 3 nitrogen and oxygen atoms in total. The topological polar surface area (TPSA) is 40.5 Å². The van der Waals surface area contributed by atoms with Gasteiger partial charge in [-0.2, -0.15) is 0 Å². The fourth-order valence-corrected chi connectivity index (χ4v) is 2.94. The first-order valence-corrected chi connectivity index (χ1v) is 7.07. The minimum atomic E-state index is -0.650. The molecular formula is C16H23NO2. The van der Waals surface area contributed by atoms with Crippen molar-refractivity contribution in [1.29, 1.82) is 0 Å². The highest BCUT2D eigenvalue weighted by atomic mass is 16.4. The molecule has 1 saturated heterocycles. The second-order valence-electron chi connectivity index (χ2n) is 5.87. The van der Waals surface area contributed by atoms with Gasteiger partial charge in [-0.15, -0.1) is 0 Å². The summed E-state index contributed by atoms with van der Waals surface area (Å²) in [6.07, 6.45) is 1.78. The molecule has 0 spiro atoms. The monoisotopic (exact) mass is 261 g/mol. The average Bonchev–Trinajstić information content (AvgIpc) is 2.39. The second-order valence-corrected chi connectivity index (χ2v) is 5.87. The zero-order valence-corrected chi connectivity index (χ0v) is 11.7. The molecule has 0 bridgehead atoms. The Morgan fingerprint density at radius 3 is 2.58 bits per heavy atom. The highest BCUT2D eigenvalue weighted by Gasteiger charge is 2.32. The Balaban J connectivity index is 2.04. The van der Waals surface area contributed by atoms with Gasteiger partial charge in [0.15, 0.2) is 0 Å². The number of piperidine rings is 1. The van der Waals surface area contributed by atoms with Crippen molar-refractivity contribution in [3.05, 3.63) is 35.9 Å². The van der Waals surface area contributed by atoms with Crippen molar-refractivity contribution in [3.63, 3.8) is 0 Å². The van der Waals surface area contributed by atoms with Crippen LogP contribution in [0.3, 0.4) is 0 Å². The SMILES string of the molecule is CC(C)N1CC(Cc2ccccc2)CC(C(=O)O)C1. The van der Waals surface area contributed by atoms with Crippen LogP contribution in [0.5, 0.6) is 0 Å². The van der Waals surface area contributed by atoms with Gasteiger partial charge in [-0.3, -0.25) is 9.69 Å². The van der Waals surface area contributed by atoms with E-state index in [1.807, 2.05) is 18.2 Å². The molecule has 0 radical (unpaired) electrons. The van der Waals surface area contributed by atoms with Crippen molar-refractivity contribution in [2.75, 3.05) is 13.1 Å². The highest BCUT2D eigenvalue weighted by Crippen LogP contribution is 2.26. The quantitative estimate of drug-likeness (QED) is 0.906. The lowest BCUT2D eigenvalue weighted by atomic mass is 9.84. The maximum Gasteiger partial charge on any atom is 0.307 e. The first-order valence-electron chi connectivity index (χ1n) is 7.07. The van der Waals surface area contributed by atoms with Gasteiger partial charge in [-0.25, -0.2) is 0 Å². The van der Waals surface area contributed by atoms with E-state index in [4.69, 9.17) is 0 Å². The molecule has 2 atom stereocenters. The average molecular weight is 261 g/mol. The molecule has 0 aliphatic carbocycles. The highest BCUT2D eigenvalue weighted by molar-refractivity contribution is 5.70. The van der Waals surface area contributed by atoms with Gasteiger partial charge in [0.1, 0.15) is 0 Å². The van der Waals surface area contributed by atoms with E-state index in [9.17, 15) is 9.90 Å². The molecule has 104 valence electrons. The summed E-state index contributed by atoms with van der Waals surface area (Å²) in [5.41, 5.74) is 1.31. The van der Waals surface area contributed by atoms with Crippen molar-refractivity contribution in [3.8, 4) is 0 Å². The molecule has 1 aliphatic rings. The number of carboxylic acid groups (broad SMARTS) is 1. The lowest BCUT2D eigenvalue weighted by Gasteiger charge is -2.38. The molecule has 2 rings (SSSR count). The second kappa shape index (κ2) is 6.20. The van der Waals surface area contributed by atoms with Crippen molar-refractivity contribution in [2.45, 2.75) is 32.7 Å². The number of likely N-dealkylation sites (tertiary alicyclic amines) is 1. The molecule has 1 aromatic rings. The number of rotatable bonds is 4. The van der Waals surface area contributed by atoms with Crippen LogP contribution in [-0.2, 0) is 11.2 Å². The van der Waals surface area contributed by atoms with Gasteiger partial charge < -0.3 is 5.11 Å². The van der Waals surface area contributed by atoms with Crippen LogP contribution >= 0.6 is 0 Å². The van der Waals surface area contributed by atoms with Gasteiger partial charge in [0.2, 0.25) is 0 Å². The molecule has 1 N–H and O–H groups in total. The molecule has 0 amide bonds. The third kappa shape index (κ3) is 3.80. The number of nitrogens with zero attached hydrogens (tertiary/aromatic N) is 1. The minimum Gasteiger partial charge on any atom is -0.481 e. The Hall–Kier alpha value is -1.35. The van der Waals surface area contributed by atoms with Gasteiger partial charge >= 0.3 is 5.97 Å². The lowest BCUT2D eigenvalue weighted by molar-refractivity contribution is -0.144. The summed E-state index contributed by atoms with van der Waals surface area (Å²) in [6.45, 7) is 5.99. The van der Waals surface area contributed by atoms with Crippen LogP contribution in [0.1, 0.15) is 25.8 Å². The molecule has 1 heterocycles. The Morgan fingerprint density at radius 2 is 2.00 bits per heavy atom. The van der Waals surface area contributed by atoms with Gasteiger partial charge in [0.05, 0.1) is 5.92 Å². The Morgan fingerprint density at radius 1 is 1.32 bits per heavy atom. The Kier molecular flexibility index (Phi) is 4.59. The van der Waals surface area contributed by atoms with Gasteiger partial charge in [-0.1, -0.05) is 30.3 Å². The van der Waals surface area contributed by atoms with Crippen molar-refractivity contribution in [1.82, 2.24) is 4.90 Å². The summed E-state index contributed by atoms with van der Waals surface area (Å²) in [4.78, 5) is 13.6. The van der Waals surface area contributed by atoms with E-state index in [0.717, 1.165) is 19.4 Å². The Labute approximate surface area is 115 Å². The Bertz CT molecular complexity index is 416. The van der Waals surface area contributed by atoms with Crippen LogP contribution in [0.2, 0.25) is 0 Å². The summed E-state index contributed by atoms with van der Waals surface area (Å²) in [5, 5.41) is 9.30. The fourth-order valence-electron chi connectivity index (χ4n) is 2.94. The molecule has 2 unspecified atom stereocenters. The van der Waals surface area contributed by atoms with Crippen molar-refractivity contribution >= 4 is 5.97 Å². The van der Waals surface area contributed by atoms with Gasteiger partial charge in [0, 0.05) is 19.1 Å². The first kappa shape index (κ1) is 14.1. The first-order chi connectivity index (χ1) is 9.06. The summed E-state index contributed by atoms with van der Waals surface area (Å²) in [6, 6.07) is 10.8. The smallest absolute Gasteiger partial charge is 0.307 e. The number of carbonyl (C=O) groups is 1. The van der Waals surface area contributed by atoms with Crippen LogP contribution in [0, 0.1) is 11.8 Å². The lowest BCUT2D eigenvalue weighted by Crippen LogP contribution is -2.46. The van der Waals surface area contributed by atoms with Crippen LogP contribution in [0.25, 0.3) is 0 Å². The largest absolute Gasteiger partial charge is 0.481 e. The summed E-state index contributed by atoms with van der Waals surface area (Å²) in [7, 11) is 0. The third-order valence-electron chi connectivity index (χ3n) is 4.01. The molecule has 0 aromatic heterocycles. The van der Waals surface area contributed by atoms with E-state index in [1.165, 1.54) is 5.56 Å². The molecule has 0 saturated carbocycles. The van der Waals surface area contributed by atoms with E-state index in [-0.39, 0.29) is 5.92 Å². The van der Waals surface area contributed by atoms with E-state index in [2.05, 4.69) is 30.9 Å². The van der Waals surface area contributed by atoms with Crippen molar-refractivity contribution < 1.29 is 9.90 Å². The van der Waals surface area contributed by atoms with E-state index >= 15 is 0 Å². The fraction of sp³-hybridized carbons (Fsp3) is 0.562. The molecule has 1 aromatic carbocycles. The third-order valence-corrected chi connectivity index (χ3v) is 4.01. The van der Waals surface area contributed by atoms with Crippen LogP contribution < -0.4 is 0 Å². The van der Waals surface area contributed by atoms with Gasteiger partial charge in [-0.05, 0) is 38.2 Å².